The van der Waals surface area contributed by atoms with Gasteiger partial charge in [-0.25, -0.2) is 0 Å². The molecule has 1 unspecified atom stereocenters. The zero-order chi connectivity index (χ0) is 14.4. The Bertz CT molecular complexity index is 563. The highest BCUT2D eigenvalue weighted by atomic mass is 16.5. The van der Waals surface area contributed by atoms with Gasteiger partial charge in [0.05, 0.1) is 18.8 Å². The van der Waals surface area contributed by atoms with Crippen LogP contribution in [0.2, 0.25) is 0 Å². The molecule has 3 heteroatoms. The maximum Gasteiger partial charge on any atom is 0.192 e. The standard InChI is InChI=1S/C17H18O3/c1-13(14-8-4-3-5-9-14)20-12-16(18)15-10-6-7-11-17(15)19-2/h3-11,13H,12H2,1-2H3. The van der Waals surface area contributed by atoms with E-state index >= 15 is 0 Å². The van der Waals surface area contributed by atoms with Crippen LogP contribution in [0.1, 0.15) is 28.9 Å². The van der Waals surface area contributed by atoms with Crippen LogP contribution in [0.4, 0.5) is 0 Å². The van der Waals surface area contributed by atoms with E-state index in [-0.39, 0.29) is 18.5 Å². The van der Waals surface area contributed by atoms with Gasteiger partial charge in [0.15, 0.2) is 5.78 Å². The molecule has 0 fully saturated rings. The van der Waals surface area contributed by atoms with Gasteiger partial charge in [-0.3, -0.25) is 4.79 Å². The minimum Gasteiger partial charge on any atom is -0.496 e. The van der Waals surface area contributed by atoms with Crippen LogP contribution in [-0.4, -0.2) is 19.5 Å². The topological polar surface area (TPSA) is 35.5 Å². The first-order valence-corrected chi connectivity index (χ1v) is 6.55. The molecule has 0 aromatic heterocycles. The van der Waals surface area contributed by atoms with E-state index in [2.05, 4.69) is 0 Å². The summed E-state index contributed by atoms with van der Waals surface area (Å²) in [4.78, 5) is 12.2. The van der Waals surface area contributed by atoms with Gasteiger partial charge in [0.1, 0.15) is 12.4 Å². The van der Waals surface area contributed by atoms with Crippen molar-refractivity contribution >= 4 is 5.78 Å². The lowest BCUT2D eigenvalue weighted by Gasteiger charge is -2.13. The van der Waals surface area contributed by atoms with Crippen molar-refractivity contribution in [3.8, 4) is 5.75 Å². The third-order valence-electron chi connectivity index (χ3n) is 3.14. The van der Waals surface area contributed by atoms with E-state index in [1.165, 1.54) is 0 Å². The molecule has 20 heavy (non-hydrogen) atoms. The summed E-state index contributed by atoms with van der Waals surface area (Å²) in [7, 11) is 1.56. The Morgan fingerprint density at radius 2 is 1.70 bits per heavy atom. The van der Waals surface area contributed by atoms with Crippen molar-refractivity contribution in [3.05, 3.63) is 65.7 Å². The Morgan fingerprint density at radius 1 is 1.05 bits per heavy atom. The zero-order valence-electron chi connectivity index (χ0n) is 11.7. The summed E-state index contributed by atoms with van der Waals surface area (Å²) in [5.74, 6) is 0.499. The van der Waals surface area contributed by atoms with Crippen molar-refractivity contribution in [1.82, 2.24) is 0 Å². The summed E-state index contributed by atoms with van der Waals surface area (Å²) in [6.45, 7) is 1.97. The molecule has 0 aliphatic carbocycles. The molecule has 104 valence electrons. The molecule has 2 aromatic carbocycles. The maximum absolute atomic E-state index is 12.2. The average molecular weight is 270 g/mol. The van der Waals surface area contributed by atoms with Crippen LogP contribution in [0, 0.1) is 0 Å². The maximum atomic E-state index is 12.2. The molecule has 0 N–H and O–H groups in total. The molecule has 0 bridgehead atoms. The van der Waals surface area contributed by atoms with Gasteiger partial charge in [0.25, 0.3) is 0 Å². The molecule has 0 saturated carbocycles. The van der Waals surface area contributed by atoms with Crippen LogP contribution in [-0.2, 0) is 4.74 Å². The Kier molecular flexibility index (Phi) is 4.91. The number of rotatable bonds is 6. The lowest BCUT2D eigenvalue weighted by Crippen LogP contribution is -2.12. The molecule has 3 nitrogen and oxygen atoms in total. The van der Waals surface area contributed by atoms with E-state index in [4.69, 9.17) is 9.47 Å². The second-order valence-electron chi connectivity index (χ2n) is 4.49. The molecule has 2 aromatic rings. The van der Waals surface area contributed by atoms with Gasteiger partial charge in [0, 0.05) is 0 Å². The van der Waals surface area contributed by atoms with E-state index in [1.54, 1.807) is 19.2 Å². The van der Waals surface area contributed by atoms with Crippen molar-refractivity contribution < 1.29 is 14.3 Å². The predicted octanol–water partition coefficient (Wildman–Crippen LogP) is 3.66. The smallest absolute Gasteiger partial charge is 0.192 e. The van der Waals surface area contributed by atoms with Gasteiger partial charge in [-0.2, -0.15) is 0 Å². The molecule has 0 aliphatic heterocycles. The van der Waals surface area contributed by atoms with Crippen molar-refractivity contribution in [3.63, 3.8) is 0 Å². The van der Waals surface area contributed by atoms with Crippen LogP contribution >= 0.6 is 0 Å². The third kappa shape index (κ3) is 3.45. The Labute approximate surface area is 119 Å². The van der Waals surface area contributed by atoms with E-state index in [0.29, 0.717) is 11.3 Å². The van der Waals surface area contributed by atoms with Gasteiger partial charge in [-0.05, 0) is 24.6 Å². The fraction of sp³-hybridized carbons (Fsp3) is 0.235. The monoisotopic (exact) mass is 270 g/mol. The number of Topliss-reactive ketones (excluding diaryl/α,β-unsaturated/α-hetero) is 1. The number of para-hydroxylation sites is 1. The van der Waals surface area contributed by atoms with Crippen molar-refractivity contribution in [2.75, 3.05) is 13.7 Å². The minimum atomic E-state index is -0.116. The molecule has 0 heterocycles. The molecule has 2 rings (SSSR count). The number of ether oxygens (including phenoxy) is 2. The summed E-state index contributed by atoms with van der Waals surface area (Å²) in [6, 6.07) is 17.0. The third-order valence-corrected chi connectivity index (χ3v) is 3.14. The summed E-state index contributed by atoms with van der Waals surface area (Å²) >= 11 is 0. The normalized spacial score (nSPS) is 11.9. The fourth-order valence-corrected chi connectivity index (χ4v) is 1.97. The van der Waals surface area contributed by atoms with Crippen LogP contribution in [0.3, 0.4) is 0 Å². The molecular formula is C17H18O3. The second kappa shape index (κ2) is 6.87. The van der Waals surface area contributed by atoms with Crippen LogP contribution in [0.15, 0.2) is 54.6 Å². The number of hydrogen-bond acceptors (Lipinski definition) is 3. The molecule has 0 radical (unpaired) electrons. The first-order valence-electron chi connectivity index (χ1n) is 6.55. The lowest BCUT2D eigenvalue weighted by atomic mass is 10.1. The van der Waals surface area contributed by atoms with Crippen molar-refractivity contribution in [1.29, 1.82) is 0 Å². The van der Waals surface area contributed by atoms with Crippen LogP contribution in [0.5, 0.6) is 5.75 Å². The predicted molar refractivity (Wildman–Crippen MR) is 78.1 cm³/mol. The number of ketones is 1. The van der Waals surface area contributed by atoms with Crippen molar-refractivity contribution in [2.45, 2.75) is 13.0 Å². The zero-order valence-corrected chi connectivity index (χ0v) is 11.7. The number of carbonyl (C=O) groups excluding carboxylic acids is 1. The fourth-order valence-electron chi connectivity index (χ4n) is 1.97. The average Bonchev–Trinajstić information content (AvgIpc) is 2.53. The summed E-state index contributed by atoms with van der Waals surface area (Å²) in [5, 5.41) is 0. The lowest BCUT2D eigenvalue weighted by molar-refractivity contribution is 0.0519. The van der Waals surface area contributed by atoms with Gasteiger partial charge in [-0.15, -0.1) is 0 Å². The number of benzene rings is 2. The van der Waals surface area contributed by atoms with Gasteiger partial charge >= 0.3 is 0 Å². The van der Waals surface area contributed by atoms with Gasteiger partial charge in [0.2, 0.25) is 0 Å². The molecule has 0 aliphatic rings. The molecule has 1 atom stereocenters. The highest BCUT2D eigenvalue weighted by Crippen LogP contribution is 2.20. The quantitative estimate of drug-likeness (QED) is 0.751. The highest BCUT2D eigenvalue weighted by Gasteiger charge is 2.14. The van der Waals surface area contributed by atoms with E-state index in [9.17, 15) is 4.79 Å². The van der Waals surface area contributed by atoms with E-state index in [1.807, 2.05) is 49.4 Å². The Hall–Kier alpha value is -2.13. The highest BCUT2D eigenvalue weighted by molar-refractivity contribution is 5.99. The van der Waals surface area contributed by atoms with E-state index < -0.39 is 0 Å². The second-order valence-corrected chi connectivity index (χ2v) is 4.49. The number of carbonyl (C=O) groups is 1. The van der Waals surface area contributed by atoms with E-state index in [0.717, 1.165) is 5.56 Å². The SMILES string of the molecule is COc1ccccc1C(=O)COC(C)c1ccccc1. The molecule has 0 spiro atoms. The molecular weight excluding hydrogens is 252 g/mol. The largest absolute Gasteiger partial charge is 0.496 e. The summed E-state index contributed by atoms with van der Waals surface area (Å²) < 4.78 is 10.8. The number of methoxy groups -OCH3 is 1. The Morgan fingerprint density at radius 3 is 2.40 bits per heavy atom. The Balaban J connectivity index is 1.99. The van der Waals surface area contributed by atoms with Crippen LogP contribution in [0.25, 0.3) is 0 Å². The summed E-state index contributed by atoms with van der Waals surface area (Å²) in [5.41, 5.74) is 1.61. The number of hydrogen-bond donors (Lipinski definition) is 0. The van der Waals surface area contributed by atoms with Gasteiger partial charge in [-0.1, -0.05) is 42.5 Å². The first kappa shape index (κ1) is 14.3. The molecule has 0 saturated heterocycles. The first-order chi connectivity index (χ1) is 9.72. The molecule has 0 amide bonds. The van der Waals surface area contributed by atoms with Gasteiger partial charge < -0.3 is 9.47 Å². The minimum absolute atomic E-state index is 0.0381. The van der Waals surface area contributed by atoms with Crippen molar-refractivity contribution in [2.24, 2.45) is 0 Å². The summed E-state index contributed by atoms with van der Waals surface area (Å²) in [6.07, 6.45) is -0.116. The van der Waals surface area contributed by atoms with Crippen LogP contribution < -0.4 is 4.74 Å².